The van der Waals surface area contributed by atoms with E-state index >= 15 is 0 Å². The maximum Gasteiger partial charge on any atom is 0.379 e. The molecule has 0 radical (unpaired) electrons. The van der Waals surface area contributed by atoms with Gasteiger partial charge in [-0.25, -0.2) is 14.5 Å². The van der Waals surface area contributed by atoms with Gasteiger partial charge in [-0.2, -0.15) is 0 Å². The van der Waals surface area contributed by atoms with Crippen LogP contribution in [0.1, 0.15) is 21.7 Å². The van der Waals surface area contributed by atoms with Gasteiger partial charge in [0.1, 0.15) is 5.57 Å². The van der Waals surface area contributed by atoms with Crippen LogP contribution >= 0.6 is 31.9 Å². The van der Waals surface area contributed by atoms with Gasteiger partial charge in [-0.05, 0) is 64.8 Å². The first-order valence-corrected chi connectivity index (χ1v) is 11.1. The number of amides is 4. The van der Waals surface area contributed by atoms with E-state index in [2.05, 4.69) is 37.2 Å². The molecule has 0 bridgehead atoms. The second-order valence-electron chi connectivity index (χ2n) is 6.92. The Kier molecular flexibility index (Phi) is 6.30. The molecule has 4 rings (SSSR count). The third kappa shape index (κ3) is 4.53. The number of carbonyl (C=O) groups excluding carboxylic acids is 4. The van der Waals surface area contributed by atoms with E-state index in [1.54, 1.807) is 43.3 Å². The Balaban J connectivity index is 1.78. The van der Waals surface area contributed by atoms with Crippen molar-refractivity contribution in [2.75, 3.05) is 4.90 Å². The van der Waals surface area contributed by atoms with Crippen LogP contribution in [0.4, 0.5) is 10.5 Å². The van der Waals surface area contributed by atoms with Crippen LogP contribution in [0.5, 0.6) is 5.75 Å². The molecule has 0 atom stereocenters. The lowest BCUT2D eigenvalue weighted by Crippen LogP contribution is -2.54. The van der Waals surface area contributed by atoms with Crippen molar-refractivity contribution in [2.45, 2.75) is 6.92 Å². The smallest absolute Gasteiger partial charge is 0.379 e. The number of imide groups is 2. The lowest BCUT2D eigenvalue weighted by molar-refractivity contribution is -0.122. The molecule has 1 fully saturated rings. The molecule has 0 unspecified atom stereocenters. The number of barbiturate groups is 1. The van der Waals surface area contributed by atoms with Gasteiger partial charge < -0.3 is 9.15 Å². The number of para-hydroxylation sites is 1. The number of nitrogens with one attached hydrogen (secondary N) is 1. The molecule has 2 aromatic carbocycles. The van der Waals surface area contributed by atoms with E-state index in [1.807, 2.05) is 0 Å². The number of hydrogen-bond donors (Lipinski definition) is 1. The summed E-state index contributed by atoms with van der Waals surface area (Å²) in [7, 11) is 0. The summed E-state index contributed by atoms with van der Waals surface area (Å²) in [5.74, 6) is -2.40. The minimum Gasteiger partial charge on any atom is -0.457 e. The third-order valence-electron chi connectivity index (χ3n) is 4.71. The van der Waals surface area contributed by atoms with Crippen molar-refractivity contribution < 1.29 is 28.3 Å². The van der Waals surface area contributed by atoms with Crippen molar-refractivity contribution in [1.29, 1.82) is 0 Å². The van der Waals surface area contributed by atoms with E-state index in [-0.39, 0.29) is 22.6 Å². The highest BCUT2D eigenvalue weighted by Crippen LogP contribution is 2.36. The zero-order valence-corrected chi connectivity index (χ0v) is 20.1. The maximum atomic E-state index is 13.2. The lowest BCUT2D eigenvalue weighted by Gasteiger charge is -2.27. The predicted octanol–water partition coefficient (Wildman–Crippen LogP) is 5.00. The highest BCUT2D eigenvalue weighted by Gasteiger charge is 2.37. The standard InChI is InChI=1S/C23H14Br2N2O6/c1-12-5-2-3-6-17(12)27-21(29)15(20(28)26-23(27)31)10-13-9-14(24)11-16(25)19(13)33-22(30)18-7-4-8-32-18/h2-11H,1H3,(H,26,28,31)/b15-10-. The van der Waals surface area contributed by atoms with Gasteiger partial charge in [-0.3, -0.25) is 14.9 Å². The second kappa shape index (κ2) is 9.16. The summed E-state index contributed by atoms with van der Waals surface area (Å²) in [4.78, 5) is 51.6. The van der Waals surface area contributed by atoms with Crippen molar-refractivity contribution in [2.24, 2.45) is 0 Å². The molecular weight excluding hydrogens is 560 g/mol. The number of hydrogen-bond acceptors (Lipinski definition) is 6. The van der Waals surface area contributed by atoms with Gasteiger partial charge in [0.25, 0.3) is 11.8 Å². The molecule has 10 heteroatoms. The number of halogens is 2. The Bertz CT molecular complexity index is 1330. The normalized spacial score (nSPS) is 15.1. The summed E-state index contributed by atoms with van der Waals surface area (Å²) in [6.45, 7) is 1.74. The number of aryl methyl sites for hydroxylation is 1. The first-order valence-electron chi connectivity index (χ1n) is 9.48. The first kappa shape index (κ1) is 22.7. The number of nitrogens with zero attached hydrogens (tertiary/aromatic N) is 1. The number of esters is 1. The molecular formula is C23H14Br2N2O6. The minimum absolute atomic E-state index is 0.0220. The summed E-state index contributed by atoms with van der Waals surface area (Å²) in [6.07, 6.45) is 2.59. The largest absolute Gasteiger partial charge is 0.457 e. The van der Waals surface area contributed by atoms with Crippen LogP contribution < -0.4 is 15.0 Å². The molecule has 1 saturated heterocycles. The molecule has 2 heterocycles. The number of urea groups is 1. The molecule has 8 nitrogen and oxygen atoms in total. The van der Waals surface area contributed by atoms with E-state index in [9.17, 15) is 19.2 Å². The molecule has 1 aliphatic rings. The van der Waals surface area contributed by atoms with Crippen molar-refractivity contribution in [3.63, 3.8) is 0 Å². The number of ether oxygens (including phenoxy) is 1. The van der Waals surface area contributed by atoms with E-state index in [0.29, 0.717) is 20.2 Å². The molecule has 0 spiro atoms. The maximum absolute atomic E-state index is 13.2. The van der Waals surface area contributed by atoms with Crippen molar-refractivity contribution in [1.82, 2.24) is 5.32 Å². The van der Waals surface area contributed by atoms with Gasteiger partial charge in [0.15, 0.2) is 5.75 Å². The van der Waals surface area contributed by atoms with Gasteiger partial charge in [-0.15, -0.1) is 0 Å². The molecule has 1 aliphatic heterocycles. The zero-order chi connectivity index (χ0) is 23.7. The fourth-order valence-electron chi connectivity index (χ4n) is 3.18. The van der Waals surface area contributed by atoms with Crippen molar-refractivity contribution in [3.05, 3.63) is 86.2 Å². The van der Waals surface area contributed by atoms with E-state index < -0.39 is 23.8 Å². The van der Waals surface area contributed by atoms with Gasteiger partial charge >= 0.3 is 12.0 Å². The summed E-state index contributed by atoms with van der Waals surface area (Å²) >= 11 is 6.68. The van der Waals surface area contributed by atoms with Crippen LogP contribution in [-0.2, 0) is 9.59 Å². The molecule has 0 aliphatic carbocycles. The summed E-state index contributed by atoms with van der Waals surface area (Å²) in [6, 6.07) is 12.1. The zero-order valence-electron chi connectivity index (χ0n) is 16.9. The van der Waals surface area contributed by atoms with E-state index in [1.165, 1.54) is 24.5 Å². The number of carbonyl (C=O) groups is 4. The van der Waals surface area contributed by atoms with Gasteiger partial charge in [0.2, 0.25) is 5.76 Å². The fourth-order valence-corrected chi connectivity index (χ4v) is 4.52. The summed E-state index contributed by atoms with van der Waals surface area (Å²) < 4.78 is 11.5. The quantitative estimate of drug-likeness (QED) is 0.204. The predicted molar refractivity (Wildman–Crippen MR) is 126 cm³/mol. The average molecular weight is 574 g/mol. The number of benzene rings is 2. The Labute approximate surface area is 204 Å². The Hall–Kier alpha value is -3.50. The highest BCUT2D eigenvalue weighted by molar-refractivity contribution is 9.11. The molecule has 1 N–H and O–H groups in total. The van der Waals surface area contributed by atoms with Crippen LogP contribution in [0.15, 0.2) is 73.7 Å². The van der Waals surface area contributed by atoms with E-state index in [0.717, 1.165) is 4.90 Å². The van der Waals surface area contributed by atoms with Crippen LogP contribution in [-0.4, -0.2) is 23.8 Å². The highest BCUT2D eigenvalue weighted by atomic mass is 79.9. The lowest BCUT2D eigenvalue weighted by atomic mass is 10.0. The molecule has 166 valence electrons. The molecule has 33 heavy (non-hydrogen) atoms. The molecule has 0 saturated carbocycles. The van der Waals surface area contributed by atoms with Crippen LogP contribution in [0.3, 0.4) is 0 Å². The summed E-state index contributed by atoms with van der Waals surface area (Å²) in [5.41, 5.74) is 0.957. The van der Waals surface area contributed by atoms with Gasteiger partial charge in [0, 0.05) is 10.0 Å². The third-order valence-corrected chi connectivity index (χ3v) is 5.76. The Morgan fingerprint density at radius 1 is 1.09 bits per heavy atom. The second-order valence-corrected chi connectivity index (χ2v) is 8.69. The average Bonchev–Trinajstić information content (AvgIpc) is 3.29. The topological polar surface area (TPSA) is 106 Å². The first-order chi connectivity index (χ1) is 15.8. The molecule has 1 aromatic heterocycles. The Morgan fingerprint density at radius 3 is 2.55 bits per heavy atom. The number of anilines is 1. The van der Waals surface area contributed by atoms with Crippen LogP contribution in [0.2, 0.25) is 0 Å². The summed E-state index contributed by atoms with van der Waals surface area (Å²) in [5, 5.41) is 2.18. The van der Waals surface area contributed by atoms with Crippen LogP contribution in [0.25, 0.3) is 6.08 Å². The van der Waals surface area contributed by atoms with E-state index in [4.69, 9.17) is 9.15 Å². The molecule has 4 amide bonds. The minimum atomic E-state index is -0.866. The number of furan rings is 1. The fraction of sp³-hybridized carbons (Fsp3) is 0.0435. The number of rotatable bonds is 4. The Morgan fingerprint density at radius 2 is 1.85 bits per heavy atom. The van der Waals surface area contributed by atoms with Crippen LogP contribution in [0, 0.1) is 6.92 Å². The van der Waals surface area contributed by atoms with Gasteiger partial charge in [0.05, 0.1) is 16.4 Å². The SMILES string of the molecule is Cc1ccccc1N1C(=O)NC(=O)/C(=C/c2cc(Br)cc(Br)c2OC(=O)c2ccco2)C1=O. The van der Waals surface area contributed by atoms with Crippen molar-refractivity contribution in [3.8, 4) is 5.75 Å². The monoisotopic (exact) mass is 572 g/mol. The van der Waals surface area contributed by atoms with Crippen molar-refractivity contribution >= 4 is 67.4 Å². The molecule has 3 aromatic rings. The van der Waals surface area contributed by atoms with Gasteiger partial charge in [-0.1, -0.05) is 34.1 Å².